The number of benzene rings is 1. The maximum absolute atomic E-state index is 12.5. The van der Waals surface area contributed by atoms with Gasteiger partial charge >= 0.3 is 0 Å². The first-order chi connectivity index (χ1) is 18.4. The van der Waals surface area contributed by atoms with Gasteiger partial charge in [-0.3, -0.25) is 9.78 Å². The predicted molar refractivity (Wildman–Crippen MR) is 145 cm³/mol. The Morgan fingerprint density at radius 2 is 1.79 bits per heavy atom. The summed E-state index contributed by atoms with van der Waals surface area (Å²) in [4.78, 5) is 33.9. The first-order valence-electron chi connectivity index (χ1n) is 12.0. The Morgan fingerprint density at radius 1 is 1.05 bits per heavy atom. The number of nitrogens with zero attached hydrogens (tertiary/aromatic N) is 5. The van der Waals surface area contributed by atoms with Gasteiger partial charge in [-0.15, -0.1) is 12.6 Å². The van der Waals surface area contributed by atoms with Crippen molar-refractivity contribution in [2.75, 3.05) is 24.9 Å². The van der Waals surface area contributed by atoms with Crippen LogP contribution in [0.3, 0.4) is 0 Å². The number of anilines is 1. The Balaban J connectivity index is 0.00000107. The van der Waals surface area contributed by atoms with Gasteiger partial charge in [0, 0.05) is 41.3 Å². The first kappa shape index (κ1) is 27.3. The highest BCUT2D eigenvalue weighted by Crippen LogP contribution is 2.23. The molecule has 1 fully saturated rings. The Hall–Kier alpha value is -3.70. The molecular formula is C27H28F2N6O2S. The average molecular weight is 539 g/mol. The molecule has 3 aromatic heterocycles. The van der Waals surface area contributed by atoms with Crippen LogP contribution >= 0.6 is 12.6 Å². The number of hydrogen-bond donors (Lipinski definition) is 2. The summed E-state index contributed by atoms with van der Waals surface area (Å²) in [5.41, 5.74) is 3.57. The zero-order valence-corrected chi connectivity index (χ0v) is 21.9. The number of amides is 1. The van der Waals surface area contributed by atoms with Gasteiger partial charge in [-0.05, 0) is 56.3 Å². The molecule has 0 spiro atoms. The number of aromatic nitrogens is 4. The van der Waals surface area contributed by atoms with Gasteiger partial charge in [0.2, 0.25) is 12.9 Å². The highest BCUT2D eigenvalue weighted by Gasteiger charge is 2.24. The van der Waals surface area contributed by atoms with Gasteiger partial charge in [0.25, 0.3) is 5.91 Å². The van der Waals surface area contributed by atoms with Crippen molar-refractivity contribution in [2.45, 2.75) is 37.5 Å². The fourth-order valence-corrected chi connectivity index (χ4v) is 4.43. The van der Waals surface area contributed by atoms with Crippen LogP contribution in [-0.2, 0) is 11.3 Å². The lowest BCUT2D eigenvalue weighted by atomic mass is 10.2. The fraction of sp³-hybridized carbons (Fsp3) is 0.296. The van der Waals surface area contributed by atoms with Crippen LogP contribution < -0.4 is 10.2 Å². The molecule has 1 N–H and O–H groups in total. The summed E-state index contributed by atoms with van der Waals surface area (Å²) in [5, 5.41) is 3.82. The van der Waals surface area contributed by atoms with E-state index in [1.54, 1.807) is 30.6 Å². The van der Waals surface area contributed by atoms with E-state index in [1.807, 2.05) is 30.3 Å². The molecule has 1 aliphatic heterocycles. The maximum atomic E-state index is 12.5. The molecule has 0 aliphatic carbocycles. The third kappa shape index (κ3) is 6.99. The second-order valence-electron chi connectivity index (χ2n) is 8.80. The molecule has 4 heterocycles. The lowest BCUT2D eigenvalue weighted by Crippen LogP contribution is -2.46. The molecule has 0 bridgehead atoms. The van der Waals surface area contributed by atoms with Gasteiger partial charge < -0.3 is 15.0 Å². The second-order valence-corrected chi connectivity index (χ2v) is 9.32. The molecule has 2 unspecified atom stereocenters. The Labute approximate surface area is 224 Å². The highest BCUT2D eigenvalue weighted by atomic mass is 32.1. The SMILES string of the molecule is CC1CN(c2nccc(-c3ccc4cnc(CNC(=O)c5cccc(S)c5)cc4n3)n2)CC(C)O1.FCF. The molecule has 2 atom stereocenters. The Bertz CT molecular complexity index is 1400. The number of ether oxygens (including phenoxy) is 1. The van der Waals surface area contributed by atoms with E-state index in [0.717, 1.165) is 46.0 Å². The maximum Gasteiger partial charge on any atom is 0.251 e. The van der Waals surface area contributed by atoms with E-state index in [2.05, 4.69) is 46.7 Å². The lowest BCUT2D eigenvalue weighted by Gasteiger charge is -2.35. The van der Waals surface area contributed by atoms with Crippen molar-refractivity contribution in [3.63, 3.8) is 0 Å². The van der Waals surface area contributed by atoms with Crippen molar-refractivity contribution >= 4 is 35.4 Å². The zero-order valence-electron chi connectivity index (χ0n) is 21.0. The molecule has 0 radical (unpaired) electrons. The number of halogens is 2. The molecular weight excluding hydrogens is 510 g/mol. The minimum Gasteiger partial charge on any atom is -0.372 e. The zero-order chi connectivity index (χ0) is 27.1. The molecule has 11 heteroatoms. The van der Waals surface area contributed by atoms with E-state index < -0.39 is 6.93 Å². The number of carbonyl (C=O) groups is 1. The van der Waals surface area contributed by atoms with Gasteiger partial charge in [-0.2, -0.15) is 0 Å². The minimum absolute atomic E-state index is 0.123. The number of thiol groups is 1. The number of pyridine rings is 2. The van der Waals surface area contributed by atoms with Gasteiger partial charge in [-0.25, -0.2) is 23.7 Å². The van der Waals surface area contributed by atoms with Crippen molar-refractivity contribution in [2.24, 2.45) is 0 Å². The van der Waals surface area contributed by atoms with E-state index >= 15 is 0 Å². The van der Waals surface area contributed by atoms with Gasteiger partial charge in [0.1, 0.15) is 0 Å². The van der Waals surface area contributed by atoms with E-state index in [0.29, 0.717) is 18.1 Å². The number of rotatable bonds is 5. The van der Waals surface area contributed by atoms with Crippen LogP contribution in [0.2, 0.25) is 0 Å². The second kappa shape index (κ2) is 12.7. The molecule has 8 nitrogen and oxygen atoms in total. The van der Waals surface area contributed by atoms with Crippen molar-refractivity contribution in [3.8, 4) is 11.4 Å². The van der Waals surface area contributed by atoms with E-state index in [1.165, 1.54) is 0 Å². The molecule has 1 aromatic carbocycles. The molecule has 198 valence electrons. The summed E-state index contributed by atoms with van der Waals surface area (Å²) in [6.45, 7) is 4.16. The number of fused-ring (bicyclic) bond motifs is 1. The van der Waals surface area contributed by atoms with Crippen LogP contribution in [0.4, 0.5) is 14.7 Å². The molecule has 1 saturated heterocycles. The van der Waals surface area contributed by atoms with E-state index in [-0.39, 0.29) is 18.1 Å². The van der Waals surface area contributed by atoms with Gasteiger partial charge in [0.15, 0.2) is 0 Å². The molecule has 1 aliphatic rings. The summed E-state index contributed by atoms with van der Waals surface area (Å²) in [6.07, 6.45) is 3.78. The molecule has 4 aromatic rings. The molecule has 0 saturated carbocycles. The number of hydrogen-bond acceptors (Lipinski definition) is 8. The number of morpholine rings is 1. The summed E-state index contributed by atoms with van der Waals surface area (Å²) >= 11 is 4.29. The smallest absolute Gasteiger partial charge is 0.251 e. The Kier molecular flexibility index (Phi) is 9.14. The van der Waals surface area contributed by atoms with Gasteiger partial charge in [-0.1, -0.05) is 6.07 Å². The third-order valence-corrected chi connectivity index (χ3v) is 6.05. The van der Waals surface area contributed by atoms with Crippen LogP contribution in [0, 0.1) is 0 Å². The van der Waals surface area contributed by atoms with Crippen molar-refractivity contribution < 1.29 is 18.3 Å². The quantitative estimate of drug-likeness (QED) is 0.353. The van der Waals surface area contributed by atoms with Crippen LogP contribution in [0.25, 0.3) is 22.3 Å². The first-order valence-corrected chi connectivity index (χ1v) is 12.5. The van der Waals surface area contributed by atoms with Gasteiger partial charge in [0.05, 0.1) is 41.4 Å². The van der Waals surface area contributed by atoms with Crippen molar-refractivity contribution in [3.05, 3.63) is 72.2 Å². The van der Waals surface area contributed by atoms with E-state index in [4.69, 9.17) is 14.7 Å². The summed E-state index contributed by atoms with van der Waals surface area (Å²) in [7, 11) is 0. The van der Waals surface area contributed by atoms with Crippen LogP contribution in [-0.4, -0.2) is 58.1 Å². The molecule has 38 heavy (non-hydrogen) atoms. The average Bonchev–Trinajstić information content (AvgIpc) is 2.91. The number of alkyl halides is 2. The topological polar surface area (TPSA) is 93.1 Å². The summed E-state index contributed by atoms with van der Waals surface area (Å²) in [5.74, 6) is 0.500. The molecule has 5 rings (SSSR count). The fourth-order valence-electron chi connectivity index (χ4n) is 4.20. The predicted octanol–water partition coefficient (Wildman–Crippen LogP) is 4.80. The van der Waals surface area contributed by atoms with Crippen LogP contribution in [0.5, 0.6) is 0 Å². The number of nitrogens with one attached hydrogen (secondary N) is 1. The third-order valence-electron chi connectivity index (χ3n) is 5.78. The Morgan fingerprint density at radius 3 is 2.53 bits per heavy atom. The van der Waals surface area contributed by atoms with Crippen molar-refractivity contribution in [1.29, 1.82) is 0 Å². The monoisotopic (exact) mass is 538 g/mol. The standard InChI is InChI=1S/C26H26N6O2S.CH2F2/c1-16-14-32(15-17(2)34-16)26-27-9-8-23(31-26)22-7-6-19-12-28-20(11-24(19)30-22)13-29-25(33)18-4-3-5-21(35)10-18;2-1-3/h3-12,16-17,35H,13-15H2,1-2H3,(H,29,33);1H2. The minimum atomic E-state index is -1.75. The van der Waals surface area contributed by atoms with E-state index in [9.17, 15) is 13.6 Å². The number of carbonyl (C=O) groups excluding carboxylic acids is 1. The normalized spacial score (nSPS) is 17.0. The summed E-state index contributed by atoms with van der Waals surface area (Å²) < 4.78 is 25.1. The van der Waals surface area contributed by atoms with Crippen molar-refractivity contribution in [1.82, 2.24) is 25.3 Å². The molecule has 1 amide bonds. The van der Waals surface area contributed by atoms with Crippen LogP contribution in [0.1, 0.15) is 29.9 Å². The van der Waals surface area contributed by atoms with Crippen LogP contribution in [0.15, 0.2) is 65.8 Å². The lowest BCUT2D eigenvalue weighted by molar-refractivity contribution is -0.00571. The summed E-state index contributed by atoms with van der Waals surface area (Å²) in [6, 6.07) is 14.8. The largest absolute Gasteiger partial charge is 0.372 e. The highest BCUT2D eigenvalue weighted by molar-refractivity contribution is 7.80.